The molecule has 0 bridgehead atoms. The van der Waals surface area contributed by atoms with Gasteiger partial charge in [0.25, 0.3) is 0 Å². The van der Waals surface area contributed by atoms with Crippen molar-refractivity contribution in [2.75, 3.05) is 32.7 Å². The van der Waals surface area contributed by atoms with E-state index >= 15 is 0 Å². The second-order valence-electron chi connectivity index (χ2n) is 5.50. The normalized spacial score (nSPS) is 24.4. The molecule has 0 radical (unpaired) electrons. The fourth-order valence-electron chi connectivity index (χ4n) is 3.16. The van der Waals surface area contributed by atoms with Gasteiger partial charge in [-0.15, -0.1) is 0 Å². The lowest BCUT2D eigenvalue weighted by Gasteiger charge is -2.37. The van der Waals surface area contributed by atoms with Gasteiger partial charge < -0.3 is 0 Å². The molecular weight excluding hydrogens is 304 g/mol. The van der Waals surface area contributed by atoms with Crippen LogP contribution in [0.25, 0.3) is 0 Å². The molecule has 3 nitrogen and oxygen atoms in total. The smallest absolute Gasteiger partial charge is 0.176 e. The van der Waals surface area contributed by atoms with Crippen LogP contribution in [0.15, 0.2) is 28.7 Å². The van der Waals surface area contributed by atoms with Crippen molar-refractivity contribution < 1.29 is 4.79 Å². The van der Waals surface area contributed by atoms with Crippen LogP contribution in [-0.2, 0) is 0 Å². The lowest BCUT2D eigenvalue weighted by Crippen LogP contribution is -2.51. The number of ketones is 1. The highest BCUT2D eigenvalue weighted by atomic mass is 79.9. The highest BCUT2D eigenvalue weighted by Gasteiger charge is 2.31. The maximum atomic E-state index is 12.3. The molecule has 1 aromatic carbocycles. The van der Waals surface area contributed by atoms with Crippen molar-refractivity contribution in [3.8, 4) is 0 Å². The van der Waals surface area contributed by atoms with Crippen LogP contribution < -0.4 is 0 Å². The summed E-state index contributed by atoms with van der Waals surface area (Å²) >= 11 is 3.42. The van der Waals surface area contributed by atoms with Gasteiger partial charge >= 0.3 is 0 Å². The van der Waals surface area contributed by atoms with Gasteiger partial charge in [0.15, 0.2) is 5.78 Å². The third kappa shape index (κ3) is 3.07. The average Bonchev–Trinajstić information content (AvgIpc) is 2.86. The summed E-state index contributed by atoms with van der Waals surface area (Å²) in [7, 11) is 0. The predicted molar refractivity (Wildman–Crippen MR) is 79.5 cm³/mol. The van der Waals surface area contributed by atoms with E-state index in [1.54, 1.807) is 0 Å². The Kier molecular flexibility index (Phi) is 4.01. The SMILES string of the molecule is O=C(CN1CCN2CCCC2C1)c1cccc(Br)c1. The molecule has 2 heterocycles. The quantitative estimate of drug-likeness (QED) is 0.798. The first kappa shape index (κ1) is 13.3. The van der Waals surface area contributed by atoms with Crippen LogP contribution in [0, 0.1) is 0 Å². The number of nitrogens with zero attached hydrogens (tertiary/aromatic N) is 2. The number of hydrogen-bond donors (Lipinski definition) is 0. The fourth-order valence-corrected chi connectivity index (χ4v) is 3.55. The molecule has 2 fully saturated rings. The minimum Gasteiger partial charge on any atom is -0.298 e. The van der Waals surface area contributed by atoms with Crippen molar-refractivity contribution in [1.82, 2.24) is 9.80 Å². The van der Waals surface area contributed by atoms with Gasteiger partial charge in [-0.2, -0.15) is 0 Å². The summed E-state index contributed by atoms with van der Waals surface area (Å²) in [6.45, 7) is 5.01. The van der Waals surface area contributed by atoms with Crippen molar-refractivity contribution in [2.45, 2.75) is 18.9 Å². The first-order valence-corrected chi connectivity index (χ1v) is 7.77. The maximum absolute atomic E-state index is 12.3. The minimum atomic E-state index is 0.229. The molecule has 102 valence electrons. The Balaban J connectivity index is 1.61. The van der Waals surface area contributed by atoms with Gasteiger partial charge in [0, 0.05) is 35.7 Å². The summed E-state index contributed by atoms with van der Waals surface area (Å²) in [6.07, 6.45) is 2.61. The molecular formula is C15H19BrN2O. The molecule has 2 aliphatic rings. The molecule has 2 aliphatic heterocycles. The zero-order valence-corrected chi connectivity index (χ0v) is 12.6. The van der Waals surface area contributed by atoms with E-state index in [0.29, 0.717) is 12.6 Å². The fraction of sp³-hybridized carbons (Fsp3) is 0.533. The number of fused-ring (bicyclic) bond motifs is 1. The molecule has 4 heteroatoms. The van der Waals surface area contributed by atoms with Gasteiger partial charge in [-0.1, -0.05) is 28.1 Å². The van der Waals surface area contributed by atoms with Crippen LogP contribution >= 0.6 is 15.9 Å². The molecule has 1 atom stereocenters. The molecule has 19 heavy (non-hydrogen) atoms. The van der Waals surface area contributed by atoms with Gasteiger partial charge in [-0.25, -0.2) is 0 Å². The lowest BCUT2D eigenvalue weighted by atomic mass is 10.1. The number of Topliss-reactive ketones (excluding diaryl/α,β-unsaturated/α-hetero) is 1. The van der Waals surface area contributed by atoms with Crippen molar-refractivity contribution in [2.24, 2.45) is 0 Å². The predicted octanol–water partition coefficient (Wildman–Crippen LogP) is 2.41. The van der Waals surface area contributed by atoms with E-state index in [1.165, 1.54) is 19.4 Å². The van der Waals surface area contributed by atoms with Crippen LogP contribution in [0.5, 0.6) is 0 Å². The molecule has 0 spiro atoms. The molecule has 0 N–H and O–H groups in total. The van der Waals surface area contributed by atoms with Crippen LogP contribution in [0.1, 0.15) is 23.2 Å². The molecule has 0 saturated carbocycles. The van der Waals surface area contributed by atoms with Crippen molar-refractivity contribution in [3.63, 3.8) is 0 Å². The first-order chi connectivity index (χ1) is 9.22. The number of carbonyl (C=O) groups is 1. The topological polar surface area (TPSA) is 23.6 Å². The van der Waals surface area contributed by atoms with Crippen LogP contribution in [0.4, 0.5) is 0 Å². The van der Waals surface area contributed by atoms with Crippen LogP contribution in [0.2, 0.25) is 0 Å². The van der Waals surface area contributed by atoms with E-state index in [9.17, 15) is 4.79 Å². The van der Waals surface area contributed by atoms with E-state index in [-0.39, 0.29) is 5.78 Å². The summed E-state index contributed by atoms with van der Waals surface area (Å²) in [4.78, 5) is 17.2. The summed E-state index contributed by atoms with van der Waals surface area (Å²) < 4.78 is 0.971. The number of benzene rings is 1. The number of rotatable bonds is 3. The lowest BCUT2D eigenvalue weighted by molar-refractivity contribution is 0.0784. The van der Waals surface area contributed by atoms with Gasteiger partial charge in [0.05, 0.1) is 6.54 Å². The molecule has 0 aliphatic carbocycles. The summed E-state index contributed by atoms with van der Waals surface area (Å²) in [5, 5.41) is 0. The first-order valence-electron chi connectivity index (χ1n) is 6.97. The van der Waals surface area contributed by atoms with Gasteiger partial charge in [-0.05, 0) is 31.5 Å². The monoisotopic (exact) mass is 322 g/mol. The Hall–Kier alpha value is -0.710. The summed E-state index contributed by atoms with van der Waals surface area (Å²) in [5.41, 5.74) is 0.809. The van der Waals surface area contributed by atoms with Crippen LogP contribution in [-0.4, -0.2) is 54.3 Å². The van der Waals surface area contributed by atoms with E-state index < -0.39 is 0 Å². The Morgan fingerprint density at radius 1 is 1.32 bits per heavy atom. The van der Waals surface area contributed by atoms with Crippen LogP contribution in [0.3, 0.4) is 0 Å². The Labute approximate surface area is 122 Å². The summed E-state index contributed by atoms with van der Waals surface area (Å²) in [5.74, 6) is 0.229. The van der Waals surface area contributed by atoms with Crippen molar-refractivity contribution >= 4 is 21.7 Å². The second-order valence-corrected chi connectivity index (χ2v) is 6.42. The Bertz CT molecular complexity index is 477. The average molecular weight is 323 g/mol. The summed E-state index contributed by atoms with van der Waals surface area (Å²) in [6, 6.07) is 8.37. The van der Waals surface area contributed by atoms with Crippen molar-refractivity contribution in [3.05, 3.63) is 34.3 Å². The molecule has 2 saturated heterocycles. The van der Waals surface area contributed by atoms with E-state index in [2.05, 4.69) is 25.7 Å². The Morgan fingerprint density at radius 3 is 3.05 bits per heavy atom. The van der Waals surface area contributed by atoms with E-state index in [1.807, 2.05) is 24.3 Å². The third-order valence-corrected chi connectivity index (χ3v) is 4.68. The molecule has 3 rings (SSSR count). The number of hydrogen-bond acceptors (Lipinski definition) is 3. The standard InChI is InChI=1S/C15H19BrN2O/c16-13-4-1-3-12(9-13)15(19)11-17-7-8-18-6-2-5-14(18)10-17/h1,3-4,9,14H,2,5-8,10-11H2. The number of halogens is 1. The van der Waals surface area contributed by atoms with Gasteiger partial charge in [-0.3, -0.25) is 14.6 Å². The third-order valence-electron chi connectivity index (χ3n) is 4.19. The highest BCUT2D eigenvalue weighted by Crippen LogP contribution is 2.21. The number of carbonyl (C=O) groups excluding carboxylic acids is 1. The molecule has 0 aromatic heterocycles. The van der Waals surface area contributed by atoms with Gasteiger partial charge in [0.2, 0.25) is 0 Å². The van der Waals surface area contributed by atoms with E-state index in [0.717, 1.165) is 29.7 Å². The Morgan fingerprint density at radius 2 is 2.21 bits per heavy atom. The van der Waals surface area contributed by atoms with Crippen molar-refractivity contribution in [1.29, 1.82) is 0 Å². The highest BCUT2D eigenvalue weighted by molar-refractivity contribution is 9.10. The zero-order valence-electron chi connectivity index (χ0n) is 11.0. The largest absolute Gasteiger partial charge is 0.298 e. The molecule has 1 aromatic rings. The van der Waals surface area contributed by atoms with E-state index in [4.69, 9.17) is 0 Å². The molecule has 1 unspecified atom stereocenters. The zero-order chi connectivity index (χ0) is 13.2. The number of piperazine rings is 1. The minimum absolute atomic E-state index is 0.229. The maximum Gasteiger partial charge on any atom is 0.176 e. The second kappa shape index (κ2) is 5.73. The van der Waals surface area contributed by atoms with Gasteiger partial charge in [0.1, 0.15) is 0 Å². The molecule has 0 amide bonds.